The van der Waals surface area contributed by atoms with Crippen molar-refractivity contribution in [2.24, 2.45) is 0 Å². The van der Waals surface area contributed by atoms with Gasteiger partial charge in [0.15, 0.2) is 0 Å². The maximum atomic E-state index is 12.9. The zero-order chi connectivity index (χ0) is 17.4. The van der Waals surface area contributed by atoms with Crippen molar-refractivity contribution >= 4 is 23.0 Å². The first-order chi connectivity index (χ1) is 10.6. The van der Waals surface area contributed by atoms with E-state index in [2.05, 4.69) is 0 Å². The van der Waals surface area contributed by atoms with E-state index in [1.807, 2.05) is 19.0 Å². The molecule has 1 heterocycles. The molecule has 9 heteroatoms. The minimum Gasteiger partial charge on any atom is -0.364 e. The van der Waals surface area contributed by atoms with Crippen molar-refractivity contribution < 1.29 is 18.1 Å². The van der Waals surface area contributed by atoms with Gasteiger partial charge in [-0.3, -0.25) is 10.1 Å². The van der Waals surface area contributed by atoms with Crippen LogP contribution in [0.15, 0.2) is 12.1 Å². The minimum absolute atomic E-state index is 0.138. The number of rotatable bonds is 3. The molecule has 1 atom stereocenters. The zero-order valence-electron chi connectivity index (χ0n) is 12.7. The molecule has 0 aliphatic carbocycles. The smallest absolute Gasteiger partial charge is 0.364 e. The summed E-state index contributed by atoms with van der Waals surface area (Å²) in [6, 6.07) is 1.77. The number of halogens is 4. The lowest BCUT2D eigenvalue weighted by Gasteiger charge is -2.37. The van der Waals surface area contributed by atoms with Crippen LogP contribution in [0.4, 0.5) is 24.5 Å². The van der Waals surface area contributed by atoms with Gasteiger partial charge in [0, 0.05) is 25.2 Å². The fraction of sp³-hybridized carbons (Fsp3) is 0.571. The van der Waals surface area contributed by atoms with Gasteiger partial charge in [0.2, 0.25) is 0 Å². The summed E-state index contributed by atoms with van der Waals surface area (Å²) in [4.78, 5) is 14.2. The molecule has 1 unspecified atom stereocenters. The monoisotopic (exact) mass is 351 g/mol. The van der Waals surface area contributed by atoms with E-state index >= 15 is 0 Å². The van der Waals surface area contributed by atoms with Gasteiger partial charge in [-0.1, -0.05) is 11.6 Å². The van der Waals surface area contributed by atoms with E-state index in [1.165, 1.54) is 0 Å². The van der Waals surface area contributed by atoms with Crippen LogP contribution in [-0.4, -0.2) is 43.0 Å². The maximum Gasteiger partial charge on any atom is 0.418 e. The van der Waals surface area contributed by atoms with E-state index in [0.29, 0.717) is 19.2 Å². The van der Waals surface area contributed by atoms with Crippen LogP contribution in [0.5, 0.6) is 0 Å². The molecule has 0 bridgehead atoms. The normalized spacial score (nSPS) is 19.3. The summed E-state index contributed by atoms with van der Waals surface area (Å²) in [6.45, 7) is 1.06. The molecule has 0 amide bonds. The van der Waals surface area contributed by atoms with Crippen LogP contribution < -0.4 is 4.90 Å². The van der Waals surface area contributed by atoms with Gasteiger partial charge in [0.1, 0.15) is 5.69 Å². The van der Waals surface area contributed by atoms with Crippen LogP contribution in [0.2, 0.25) is 5.02 Å². The van der Waals surface area contributed by atoms with Crippen LogP contribution in [0.3, 0.4) is 0 Å². The Morgan fingerprint density at radius 3 is 2.57 bits per heavy atom. The largest absolute Gasteiger partial charge is 0.418 e. The van der Waals surface area contributed by atoms with Crippen molar-refractivity contribution in [3.05, 3.63) is 32.8 Å². The van der Waals surface area contributed by atoms with E-state index in [0.717, 1.165) is 18.9 Å². The predicted molar refractivity (Wildman–Crippen MR) is 82.0 cm³/mol. The molecule has 0 N–H and O–H groups in total. The van der Waals surface area contributed by atoms with Crippen LogP contribution in [0, 0.1) is 10.1 Å². The van der Waals surface area contributed by atoms with Crippen molar-refractivity contribution in [3.8, 4) is 0 Å². The number of nitrogens with zero attached hydrogens (tertiary/aromatic N) is 3. The number of anilines is 1. The summed E-state index contributed by atoms with van der Waals surface area (Å²) >= 11 is 5.73. The second-order valence-corrected chi connectivity index (χ2v) is 6.19. The first kappa shape index (κ1) is 17.8. The van der Waals surface area contributed by atoms with Gasteiger partial charge in [-0.05, 0) is 33.0 Å². The Balaban J connectivity index is 2.45. The Hall–Kier alpha value is -1.54. The molecule has 1 aromatic carbocycles. The van der Waals surface area contributed by atoms with Gasteiger partial charge in [-0.2, -0.15) is 13.2 Å². The van der Waals surface area contributed by atoms with Gasteiger partial charge in [-0.15, -0.1) is 0 Å². The number of nitro groups is 1. The van der Waals surface area contributed by atoms with Crippen molar-refractivity contribution in [1.29, 1.82) is 0 Å². The van der Waals surface area contributed by atoms with Crippen molar-refractivity contribution in [3.63, 3.8) is 0 Å². The van der Waals surface area contributed by atoms with Crippen molar-refractivity contribution in [2.75, 3.05) is 32.1 Å². The number of benzene rings is 1. The molecule has 0 spiro atoms. The Kier molecular flexibility index (Phi) is 5.05. The van der Waals surface area contributed by atoms with E-state index in [1.54, 1.807) is 4.90 Å². The number of hydrogen-bond donors (Lipinski definition) is 0. The molecule has 1 aliphatic heterocycles. The fourth-order valence-corrected chi connectivity index (χ4v) is 3.03. The van der Waals surface area contributed by atoms with Crippen LogP contribution in [0.1, 0.15) is 18.4 Å². The third-order valence-corrected chi connectivity index (χ3v) is 4.35. The average Bonchev–Trinajstić information content (AvgIpc) is 2.45. The highest BCUT2D eigenvalue weighted by atomic mass is 35.5. The molecule has 0 aromatic heterocycles. The van der Waals surface area contributed by atoms with Gasteiger partial charge in [0.25, 0.3) is 5.69 Å². The average molecular weight is 352 g/mol. The first-order valence-electron chi connectivity index (χ1n) is 7.07. The lowest BCUT2D eigenvalue weighted by Crippen LogP contribution is -2.45. The highest BCUT2D eigenvalue weighted by Gasteiger charge is 2.37. The van der Waals surface area contributed by atoms with Gasteiger partial charge in [-0.25, -0.2) is 0 Å². The Labute approximate surface area is 136 Å². The standard InChI is InChI=1S/C14H17ClF3N3O2/c1-19(2)9-4-3-5-20(8-9)12-7-11(15)10(14(16,17)18)6-13(12)21(22)23/h6-7,9H,3-5,8H2,1-2H3. The first-order valence-corrected chi connectivity index (χ1v) is 7.45. The second-order valence-electron chi connectivity index (χ2n) is 5.78. The Bertz CT molecular complexity index is 608. The summed E-state index contributed by atoms with van der Waals surface area (Å²) in [5, 5.41) is 10.7. The topological polar surface area (TPSA) is 49.6 Å². The van der Waals surface area contributed by atoms with Crippen molar-refractivity contribution in [2.45, 2.75) is 25.1 Å². The highest BCUT2D eigenvalue weighted by Crippen LogP contribution is 2.42. The Morgan fingerprint density at radius 2 is 2.04 bits per heavy atom. The minimum atomic E-state index is -4.73. The quantitative estimate of drug-likeness (QED) is 0.614. The molecule has 0 saturated carbocycles. The van der Waals surface area contributed by atoms with Crippen LogP contribution >= 0.6 is 11.6 Å². The third-order valence-electron chi connectivity index (χ3n) is 4.03. The summed E-state index contributed by atoms with van der Waals surface area (Å²) in [6.07, 6.45) is -2.99. The van der Waals surface area contributed by atoms with Gasteiger partial charge >= 0.3 is 6.18 Å². The summed E-state index contributed by atoms with van der Waals surface area (Å²) in [7, 11) is 3.81. The van der Waals surface area contributed by atoms with E-state index in [4.69, 9.17) is 11.6 Å². The molecule has 23 heavy (non-hydrogen) atoms. The summed E-state index contributed by atoms with van der Waals surface area (Å²) < 4.78 is 38.7. The molecule has 0 radical (unpaired) electrons. The van der Waals surface area contributed by atoms with Gasteiger partial charge < -0.3 is 9.80 Å². The molecule has 1 aliphatic rings. The fourth-order valence-electron chi connectivity index (χ4n) is 2.76. The summed E-state index contributed by atoms with van der Waals surface area (Å²) in [5.41, 5.74) is -1.61. The molecule has 128 valence electrons. The van der Waals surface area contributed by atoms with Crippen LogP contribution in [0.25, 0.3) is 0 Å². The number of alkyl halides is 3. The number of hydrogen-bond acceptors (Lipinski definition) is 4. The van der Waals surface area contributed by atoms with E-state index in [-0.39, 0.29) is 11.7 Å². The SMILES string of the molecule is CN(C)C1CCCN(c2cc(Cl)c(C(F)(F)F)cc2[N+](=O)[O-])C1. The molecule has 5 nitrogen and oxygen atoms in total. The van der Waals surface area contributed by atoms with Gasteiger partial charge in [0.05, 0.1) is 15.5 Å². The number of piperidine rings is 1. The molecule has 1 aromatic rings. The zero-order valence-corrected chi connectivity index (χ0v) is 13.5. The third kappa shape index (κ3) is 3.87. The lowest BCUT2D eigenvalue weighted by atomic mass is 10.0. The van der Waals surface area contributed by atoms with Crippen molar-refractivity contribution in [1.82, 2.24) is 4.90 Å². The number of nitro benzene ring substituents is 1. The second kappa shape index (κ2) is 6.52. The maximum absolute atomic E-state index is 12.9. The molecule has 1 fully saturated rings. The van der Waals surface area contributed by atoms with E-state index < -0.39 is 27.4 Å². The van der Waals surface area contributed by atoms with Crippen LogP contribution in [-0.2, 0) is 6.18 Å². The molecular weight excluding hydrogens is 335 g/mol. The lowest BCUT2D eigenvalue weighted by molar-refractivity contribution is -0.384. The predicted octanol–water partition coefficient (Wildman–Crippen LogP) is 3.80. The van der Waals surface area contributed by atoms with E-state index in [9.17, 15) is 23.3 Å². The molecular formula is C14H17ClF3N3O2. The highest BCUT2D eigenvalue weighted by molar-refractivity contribution is 6.31. The molecule has 1 saturated heterocycles. The number of likely N-dealkylation sites (N-methyl/N-ethyl adjacent to an activating group) is 1. The molecule has 2 rings (SSSR count). The summed E-state index contributed by atoms with van der Waals surface area (Å²) in [5.74, 6) is 0. The Morgan fingerprint density at radius 1 is 1.39 bits per heavy atom.